The van der Waals surface area contributed by atoms with E-state index in [2.05, 4.69) is 20.7 Å². The number of hydrogen-bond donors (Lipinski definition) is 1. The zero-order valence-electron chi connectivity index (χ0n) is 9.02. The van der Waals surface area contributed by atoms with E-state index in [0.717, 1.165) is 4.47 Å². The Morgan fingerprint density at radius 1 is 1.28 bits per heavy atom. The van der Waals surface area contributed by atoms with Crippen LogP contribution in [-0.4, -0.2) is 11.7 Å². The first-order valence-electron chi connectivity index (χ1n) is 5.02. The third-order valence-corrected chi connectivity index (χ3v) is 4.09. The van der Waals surface area contributed by atoms with Crippen LogP contribution in [0.15, 0.2) is 39.5 Å². The topological polar surface area (TPSA) is 29.5 Å². The van der Waals surface area contributed by atoms with Crippen molar-refractivity contribution in [1.29, 1.82) is 0 Å². The molecule has 0 bridgehead atoms. The number of alkyl halides is 2. The third-order valence-electron chi connectivity index (χ3n) is 2.34. The second-order valence-corrected chi connectivity index (χ2v) is 5.13. The molecule has 0 saturated carbocycles. The number of aliphatic hydroxyl groups is 1. The summed E-state index contributed by atoms with van der Waals surface area (Å²) in [6.07, 6.45) is -0.869. The van der Waals surface area contributed by atoms with Crippen LogP contribution < -0.4 is 4.74 Å². The summed E-state index contributed by atoms with van der Waals surface area (Å²) in [5, 5.41) is 13.8. The van der Waals surface area contributed by atoms with Crippen molar-refractivity contribution in [3.8, 4) is 5.75 Å². The van der Waals surface area contributed by atoms with Gasteiger partial charge >= 0.3 is 6.61 Å². The molecule has 6 heteroatoms. The summed E-state index contributed by atoms with van der Waals surface area (Å²) < 4.78 is 29.3. The van der Waals surface area contributed by atoms with Gasteiger partial charge in [0.15, 0.2) is 0 Å². The Morgan fingerprint density at radius 3 is 2.67 bits per heavy atom. The Bertz CT molecular complexity index is 530. The molecule has 0 aliphatic heterocycles. The van der Waals surface area contributed by atoms with Crippen LogP contribution in [0.3, 0.4) is 0 Å². The fourth-order valence-electron chi connectivity index (χ4n) is 1.53. The number of hydrogen-bond acceptors (Lipinski definition) is 3. The van der Waals surface area contributed by atoms with Crippen LogP contribution >= 0.6 is 27.3 Å². The largest absolute Gasteiger partial charge is 0.435 e. The fourth-order valence-corrected chi connectivity index (χ4v) is 3.06. The first-order valence-corrected chi connectivity index (χ1v) is 6.76. The van der Waals surface area contributed by atoms with Crippen LogP contribution in [0.4, 0.5) is 8.78 Å². The maximum absolute atomic E-state index is 12.1. The Balaban J connectivity index is 2.25. The van der Waals surface area contributed by atoms with E-state index in [1.165, 1.54) is 23.5 Å². The summed E-state index contributed by atoms with van der Waals surface area (Å²) in [5.74, 6) is 0.0351. The first kappa shape index (κ1) is 13.5. The highest BCUT2D eigenvalue weighted by atomic mass is 79.9. The van der Waals surface area contributed by atoms with Crippen LogP contribution in [0.1, 0.15) is 17.2 Å². The van der Waals surface area contributed by atoms with Crippen LogP contribution in [0, 0.1) is 0 Å². The van der Waals surface area contributed by atoms with Crippen molar-refractivity contribution in [3.63, 3.8) is 0 Å². The molecule has 1 heterocycles. The lowest BCUT2D eigenvalue weighted by Crippen LogP contribution is -2.04. The van der Waals surface area contributed by atoms with E-state index in [1.807, 2.05) is 5.38 Å². The molecule has 18 heavy (non-hydrogen) atoms. The molecule has 0 spiro atoms. The molecule has 1 aromatic heterocycles. The van der Waals surface area contributed by atoms with Gasteiger partial charge in [-0.3, -0.25) is 0 Å². The van der Waals surface area contributed by atoms with Crippen LogP contribution in [0.5, 0.6) is 5.75 Å². The number of ether oxygens (including phenoxy) is 1. The van der Waals surface area contributed by atoms with Gasteiger partial charge in [-0.2, -0.15) is 20.1 Å². The lowest BCUT2D eigenvalue weighted by Gasteiger charge is -2.12. The van der Waals surface area contributed by atoms with Gasteiger partial charge in [-0.05, 0) is 39.0 Å². The van der Waals surface area contributed by atoms with Crippen molar-refractivity contribution < 1.29 is 18.6 Å². The molecule has 0 amide bonds. The van der Waals surface area contributed by atoms with Crippen LogP contribution in [0.25, 0.3) is 0 Å². The highest BCUT2D eigenvalue weighted by Crippen LogP contribution is 2.32. The highest BCUT2D eigenvalue weighted by Gasteiger charge is 2.15. The molecular formula is C12H9BrF2O2S. The second kappa shape index (κ2) is 5.77. The Hall–Kier alpha value is -0.980. The minimum atomic E-state index is -2.87. The van der Waals surface area contributed by atoms with Gasteiger partial charge in [-0.1, -0.05) is 12.1 Å². The van der Waals surface area contributed by atoms with E-state index in [9.17, 15) is 13.9 Å². The monoisotopic (exact) mass is 334 g/mol. The van der Waals surface area contributed by atoms with Gasteiger partial charge in [0.25, 0.3) is 0 Å². The van der Waals surface area contributed by atoms with Gasteiger partial charge in [0.1, 0.15) is 11.9 Å². The van der Waals surface area contributed by atoms with E-state index in [0.29, 0.717) is 11.1 Å². The standard InChI is InChI=1S/C12H9BrF2O2S/c13-10-6-18-5-9(10)11(16)7-2-1-3-8(4-7)17-12(14)15/h1-6,11-12,16H. The van der Waals surface area contributed by atoms with Crippen molar-refractivity contribution in [1.82, 2.24) is 0 Å². The van der Waals surface area contributed by atoms with Crippen molar-refractivity contribution in [2.75, 3.05) is 0 Å². The van der Waals surface area contributed by atoms with Crippen LogP contribution in [-0.2, 0) is 0 Å². The van der Waals surface area contributed by atoms with Gasteiger partial charge in [0.2, 0.25) is 0 Å². The number of benzene rings is 1. The van der Waals surface area contributed by atoms with E-state index >= 15 is 0 Å². The molecule has 0 radical (unpaired) electrons. The first-order chi connectivity index (χ1) is 8.58. The van der Waals surface area contributed by atoms with Gasteiger partial charge in [0, 0.05) is 15.4 Å². The van der Waals surface area contributed by atoms with E-state index in [-0.39, 0.29) is 5.75 Å². The molecule has 2 aromatic rings. The van der Waals surface area contributed by atoms with E-state index in [4.69, 9.17) is 0 Å². The molecule has 0 saturated heterocycles. The fraction of sp³-hybridized carbons (Fsp3) is 0.167. The lowest BCUT2D eigenvalue weighted by molar-refractivity contribution is -0.0499. The Morgan fingerprint density at radius 2 is 2.06 bits per heavy atom. The minimum absolute atomic E-state index is 0.0351. The average molecular weight is 335 g/mol. The quantitative estimate of drug-likeness (QED) is 0.908. The number of aliphatic hydroxyl groups excluding tert-OH is 1. The van der Waals surface area contributed by atoms with Crippen molar-refractivity contribution in [2.24, 2.45) is 0 Å². The van der Waals surface area contributed by atoms with Crippen molar-refractivity contribution in [2.45, 2.75) is 12.7 Å². The van der Waals surface area contributed by atoms with Gasteiger partial charge < -0.3 is 9.84 Å². The predicted octanol–water partition coefficient (Wildman–Crippen LogP) is 4.19. The van der Waals surface area contributed by atoms with Crippen LogP contribution in [0.2, 0.25) is 0 Å². The summed E-state index contributed by atoms with van der Waals surface area (Å²) in [4.78, 5) is 0. The third kappa shape index (κ3) is 3.07. The molecule has 2 rings (SSSR count). The van der Waals surface area contributed by atoms with Gasteiger partial charge in [-0.25, -0.2) is 0 Å². The zero-order valence-corrected chi connectivity index (χ0v) is 11.4. The molecule has 1 N–H and O–H groups in total. The number of halogens is 3. The summed E-state index contributed by atoms with van der Waals surface area (Å²) in [5.41, 5.74) is 1.21. The second-order valence-electron chi connectivity index (χ2n) is 3.53. The Kier molecular flexibility index (Phi) is 4.31. The number of thiophene rings is 1. The lowest BCUT2D eigenvalue weighted by atomic mass is 10.0. The maximum atomic E-state index is 12.1. The SMILES string of the molecule is OC(c1cccc(OC(F)F)c1)c1cscc1Br. The van der Waals surface area contributed by atoms with E-state index in [1.54, 1.807) is 17.5 Å². The predicted molar refractivity (Wildman–Crippen MR) is 69.2 cm³/mol. The van der Waals surface area contributed by atoms with Gasteiger partial charge in [-0.15, -0.1) is 0 Å². The molecule has 0 aliphatic carbocycles. The molecule has 0 aliphatic rings. The smallest absolute Gasteiger partial charge is 0.387 e. The van der Waals surface area contributed by atoms with Crippen molar-refractivity contribution in [3.05, 3.63) is 50.6 Å². The molecule has 1 aromatic carbocycles. The summed E-state index contributed by atoms with van der Waals surface area (Å²) in [6, 6.07) is 6.05. The Labute approximate surface area is 115 Å². The molecule has 1 atom stereocenters. The summed E-state index contributed by atoms with van der Waals surface area (Å²) >= 11 is 4.77. The zero-order chi connectivity index (χ0) is 13.1. The maximum Gasteiger partial charge on any atom is 0.387 e. The minimum Gasteiger partial charge on any atom is -0.435 e. The number of rotatable bonds is 4. The van der Waals surface area contributed by atoms with E-state index < -0.39 is 12.7 Å². The summed E-state index contributed by atoms with van der Waals surface area (Å²) in [7, 11) is 0. The molecule has 96 valence electrons. The average Bonchev–Trinajstić information content (AvgIpc) is 2.74. The molecule has 1 unspecified atom stereocenters. The van der Waals surface area contributed by atoms with Gasteiger partial charge in [0.05, 0.1) is 0 Å². The summed E-state index contributed by atoms with van der Waals surface area (Å²) in [6.45, 7) is -2.87. The molecular weight excluding hydrogens is 326 g/mol. The highest BCUT2D eigenvalue weighted by molar-refractivity contribution is 9.10. The molecule has 0 fully saturated rings. The molecule has 2 nitrogen and oxygen atoms in total. The normalized spacial score (nSPS) is 12.7. The van der Waals surface area contributed by atoms with Crippen molar-refractivity contribution >= 4 is 27.3 Å².